The molecule has 0 rings (SSSR count). The Kier molecular flexibility index (Phi) is 4.26. The van der Waals surface area contributed by atoms with Crippen LogP contribution in [0.1, 0.15) is 19.8 Å². The Hall–Kier alpha value is -0.430. The van der Waals surface area contributed by atoms with Crippen molar-refractivity contribution in [1.82, 2.24) is 0 Å². The van der Waals surface area contributed by atoms with Crippen LogP contribution in [0.2, 0.25) is 0 Å². The number of aliphatic hydroxyl groups excluding tert-OH is 2. The first-order chi connectivity index (χ1) is 6.13. The second-order valence-corrected chi connectivity index (χ2v) is 2.93. The summed E-state index contributed by atoms with van der Waals surface area (Å²) in [5.74, 6) is -5.18. The standard InChI is InChI=1S/C7H11F5O2/c1-2-4(13)3-5(14)6(8,9)7(10,11)12/h4-5,13-14H,2-3H2,1H3. The molecular weight excluding hydrogens is 211 g/mol. The lowest BCUT2D eigenvalue weighted by atomic mass is 10.0. The van der Waals surface area contributed by atoms with Gasteiger partial charge in [-0.2, -0.15) is 22.0 Å². The average molecular weight is 222 g/mol. The second-order valence-electron chi connectivity index (χ2n) is 2.93. The lowest BCUT2D eigenvalue weighted by Gasteiger charge is -2.25. The molecule has 0 aromatic rings. The highest BCUT2D eigenvalue weighted by molar-refractivity contribution is 4.85. The number of rotatable bonds is 4. The average Bonchev–Trinajstić information content (AvgIpc) is 2.01. The fourth-order valence-corrected chi connectivity index (χ4v) is 0.761. The molecule has 0 radical (unpaired) electrons. The number of halogens is 5. The van der Waals surface area contributed by atoms with Gasteiger partial charge in [-0.3, -0.25) is 0 Å². The van der Waals surface area contributed by atoms with Crippen LogP contribution >= 0.6 is 0 Å². The van der Waals surface area contributed by atoms with Crippen LogP contribution in [0.5, 0.6) is 0 Å². The van der Waals surface area contributed by atoms with Crippen molar-refractivity contribution in [3.63, 3.8) is 0 Å². The summed E-state index contributed by atoms with van der Waals surface area (Å²) >= 11 is 0. The van der Waals surface area contributed by atoms with E-state index in [4.69, 9.17) is 10.2 Å². The molecule has 0 aliphatic carbocycles. The molecule has 2 unspecified atom stereocenters. The highest BCUT2D eigenvalue weighted by Gasteiger charge is 2.62. The molecule has 0 fully saturated rings. The van der Waals surface area contributed by atoms with Gasteiger partial charge in [-0.25, -0.2) is 0 Å². The number of hydrogen-bond acceptors (Lipinski definition) is 2. The van der Waals surface area contributed by atoms with E-state index in [1.807, 2.05) is 0 Å². The van der Waals surface area contributed by atoms with Gasteiger partial charge in [0.05, 0.1) is 6.10 Å². The van der Waals surface area contributed by atoms with Crippen molar-refractivity contribution in [2.75, 3.05) is 0 Å². The number of hydrogen-bond donors (Lipinski definition) is 2. The normalized spacial score (nSPS) is 18.0. The number of alkyl halides is 5. The van der Waals surface area contributed by atoms with E-state index in [-0.39, 0.29) is 6.42 Å². The zero-order valence-electron chi connectivity index (χ0n) is 7.35. The summed E-state index contributed by atoms with van der Waals surface area (Å²) < 4.78 is 59.6. The Balaban J connectivity index is 4.43. The maximum absolute atomic E-state index is 12.3. The van der Waals surface area contributed by atoms with E-state index in [0.717, 1.165) is 0 Å². The van der Waals surface area contributed by atoms with E-state index in [1.165, 1.54) is 6.92 Å². The van der Waals surface area contributed by atoms with Crippen LogP contribution in [0.25, 0.3) is 0 Å². The lowest BCUT2D eigenvalue weighted by Crippen LogP contribution is -2.48. The summed E-state index contributed by atoms with van der Waals surface area (Å²) in [6.07, 6.45) is -11.1. The molecule has 0 spiro atoms. The van der Waals surface area contributed by atoms with E-state index >= 15 is 0 Å². The summed E-state index contributed by atoms with van der Waals surface area (Å²) in [7, 11) is 0. The van der Waals surface area contributed by atoms with Crippen molar-refractivity contribution in [2.45, 2.75) is 44.1 Å². The van der Waals surface area contributed by atoms with Gasteiger partial charge in [0.2, 0.25) is 0 Å². The van der Waals surface area contributed by atoms with Gasteiger partial charge in [-0.05, 0) is 6.42 Å². The van der Waals surface area contributed by atoms with Crippen LogP contribution in [-0.4, -0.2) is 34.5 Å². The molecule has 2 atom stereocenters. The predicted molar refractivity (Wildman–Crippen MR) is 37.9 cm³/mol. The Morgan fingerprint density at radius 1 is 1.07 bits per heavy atom. The van der Waals surface area contributed by atoms with Crippen molar-refractivity contribution in [2.24, 2.45) is 0 Å². The zero-order valence-corrected chi connectivity index (χ0v) is 7.35. The molecule has 86 valence electrons. The van der Waals surface area contributed by atoms with Gasteiger partial charge in [0.15, 0.2) is 0 Å². The van der Waals surface area contributed by atoms with Crippen LogP contribution in [0.4, 0.5) is 22.0 Å². The highest BCUT2D eigenvalue weighted by atomic mass is 19.4. The van der Waals surface area contributed by atoms with E-state index in [0.29, 0.717) is 0 Å². The van der Waals surface area contributed by atoms with Gasteiger partial charge < -0.3 is 10.2 Å². The van der Waals surface area contributed by atoms with Crippen molar-refractivity contribution in [3.05, 3.63) is 0 Å². The predicted octanol–water partition coefficient (Wildman–Crippen LogP) is 1.71. The summed E-state index contributed by atoms with van der Waals surface area (Å²) in [6, 6.07) is 0. The van der Waals surface area contributed by atoms with E-state index in [9.17, 15) is 22.0 Å². The number of aliphatic hydroxyl groups is 2. The Bertz CT molecular complexity index is 179. The SMILES string of the molecule is CCC(O)CC(O)C(F)(F)C(F)(F)F. The topological polar surface area (TPSA) is 40.5 Å². The first-order valence-electron chi connectivity index (χ1n) is 3.93. The van der Waals surface area contributed by atoms with Gasteiger partial charge in [-0.15, -0.1) is 0 Å². The molecule has 0 amide bonds. The highest BCUT2D eigenvalue weighted by Crippen LogP contribution is 2.39. The molecule has 0 aromatic carbocycles. The molecular formula is C7H11F5O2. The minimum Gasteiger partial charge on any atom is -0.393 e. The van der Waals surface area contributed by atoms with Crippen LogP contribution in [-0.2, 0) is 0 Å². The molecule has 0 bridgehead atoms. The maximum Gasteiger partial charge on any atom is 0.456 e. The van der Waals surface area contributed by atoms with Gasteiger partial charge in [0.1, 0.15) is 6.10 Å². The molecule has 0 aliphatic rings. The fraction of sp³-hybridized carbons (Fsp3) is 1.00. The zero-order chi connectivity index (χ0) is 11.6. The smallest absolute Gasteiger partial charge is 0.393 e. The molecule has 2 nitrogen and oxygen atoms in total. The minimum atomic E-state index is -5.79. The van der Waals surface area contributed by atoms with Crippen LogP contribution in [0.15, 0.2) is 0 Å². The molecule has 14 heavy (non-hydrogen) atoms. The van der Waals surface area contributed by atoms with E-state index in [2.05, 4.69) is 0 Å². The fourth-order valence-electron chi connectivity index (χ4n) is 0.761. The van der Waals surface area contributed by atoms with E-state index < -0.39 is 30.7 Å². The van der Waals surface area contributed by atoms with Crippen molar-refractivity contribution in [1.29, 1.82) is 0 Å². The summed E-state index contributed by atoms with van der Waals surface area (Å²) in [5, 5.41) is 17.4. The van der Waals surface area contributed by atoms with Crippen molar-refractivity contribution < 1.29 is 32.2 Å². The first kappa shape index (κ1) is 13.6. The van der Waals surface area contributed by atoms with Crippen molar-refractivity contribution in [3.8, 4) is 0 Å². The molecule has 7 heteroatoms. The second kappa shape index (κ2) is 4.39. The Morgan fingerprint density at radius 2 is 1.50 bits per heavy atom. The largest absolute Gasteiger partial charge is 0.456 e. The molecule has 0 aromatic heterocycles. The summed E-state index contributed by atoms with van der Waals surface area (Å²) in [6.45, 7) is 1.41. The Labute approximate surface area is 77.3 Å². The third-order valence-corrected chi connectivity index (χ3v) is 1.76. The van der Waals surface area contributed by atoms with Gasteiger partial charge in [-0.1, -0.05) is 6.92 Å². The van der Waals surface area contributed by atoms with Gasteiger partial charge in [0.25, 0.3) is 0 Å². The maximum atomic E-state index is 12.3. The summed E-state index contributed by atoms with van der Waals surface area (Å²) in [5.41, 5.74) is 0. The quantitative estimate of drug-likeness (QED) is 0.711. The summed E-state index contributed by atoms with van der Waals surface area (Å²) in [4.78, 5) is 0. The molecule has 0 aliphatic heterocycles. The van der Waals surface area contributed by atoms with Crippen LogP contribution in [0, 0.1) is 0 Å². The van der Waals surface area contributed by atoms with E-state index in [1.54, 1.807) is 0 Å². The third-order valence-electron chi connectivity index (χ3n) is 1.76. The van der Waals surface area contributed by atoms with Crippen molar-refractivity contribution >= 4 is 0 Å². The van der Waals surface area contributed by atoms with Crippen LogP contribution < -0.4 is 0 Å². The van der Waals surface area contributed by atoms with Gasteiger partial charge >= 0.3 is 12.1 Å². The molecule has 0 saturated heterocycles. The molecule has 0 heterocycles. The van der Waals surface area contributed by atoms with Crippen LogP contribution in [0.3, 0.4) is 0 Å². The monoisotopic (exact) mass is 222 g/mol. The Morgan fingerprint density at radius 3 is 1.79 bits per heavy atom. The molecule has 2 N–H and O–H groups in total. The van der Waals surface area contributed by atoms with Gasteiger partial charge in [0, 0.05) is 6.42 Å². The third kappa shape index (κ3) is 3.06. The molecule has 0 saturated carbocycles. The first-order valence-corrected chi connectivity index (χ1v) is 3.93. The lowest BCUT2D eigenvalue weighted by molar-refractivity contribution is -0.315. The minimum absolute atomic E-state index is 0.00496.